The van der Waals surface area contributed by atoms with Crippen LogP contribution >= 0.6 is 0 Å². The third-order valence-corrected chi connectivity index (χ3v) is 5.92. The van der Waals surface area contributed by atoms with Gasteiger partial charge in [-0.3, -0.25) is 14.4 Å². The number of hydrogen-bond acceptors (Lipinski definition) is 6. The number of aliphatic hydroxyl groups is 1. The minimum Gasteiger partial charge on any atom is -0.391 e. The standard InChI is InChI=1S/C21H40N4O4/c1-4-13(2)19(27)17(10-11-22)24-21(29)18(14(3)26)25-20(28)16(23)12-15-8-6-5-7-9-15/h13-18,26H,4-12,22-23H2,1-3H3,(H,24,29)(H,25,28)/t13?,14?,16-,17-,18-/m0/s1. The predicted octanol–water partition coefficient (Wildman–Crippen LogP) is 0.599. The normalized spacial score (nSPS) is 20.2. The van der Waals surface area contributed by atoms with E-state index in [1.165, 1.54) is 13.3 Å². The van der Waals surface area contributed by atoms with Crippen molar-refractivity contribution in [3.05, 3.63) is 0 Å². The Morgan fingerprint density at radius 2 is 1.69 bits per heavy atom. The zero-order valence-electron chi connectivity index (χ0n) is 18.2. The summed E-state index contributed by atoms with van der Waals surface area (Å²) in [5.41, 5.74) is 11.6. The van der Waals surface area contributed by atoms with E-state index in [0.717, 1.165) is 25.7 Å². The molecule has 1 aliphatic rings. The summed E-state index contributed by atoms with van der Waals surface area (Å²) in [6, 6.07) is -2.64. The van der Waals surface area contributed by atoms with Gasteiger partial charge in [-0.15, -0.1) is 0 Å². The zero-order valence-corrected chi connectivity index (χ0v) is 18.2. The molecular formula is C21H40N4O4. The molecule has 0 radical (unpaired) electrons. The van der Waals surface area contributed by atoms with E-state index in [4.69, 9.17) is 11.5 Å². The molecule has 5 atom stereocenters. The number of nitrogens with one attached hydrogen (secondary N) is 2. The highest BCUT2D eigenvalue weighted by atomic mass is 16.3. The van der Waals surface area contributed by atoms with E-state index < -0.39 is 36.0 Å². The van der Waals surface area contributed by atoms with E-state index in [0.29, 0.717) is 25.2 Å². The van der Waals surface area contributed by atoms with Crippen molar-refractivity contribution in [2.24, 2.45) is 23.3 Å². The third-order valence-electron chi connectivity index (χ3n) is 5.92. The summed E-state index contributed by atoms with van der Waals surface area (Å²) in [7, 11) is 0. The fourth-order valence-electron chi connectivity index (χ4n) is 3.81. The Labute approximate surface area is 174 Å². The molecule has 8 nitrogen and oxygen atoms in total. The van der Waals surface area contributed by atoms with Gasteiger partial charge in [-0.2, -0.15) is 0 Å². The van der Waals surface area contributed by atoms with Gasteiger partial charge in [-0.1, -0.05) is 46.0 Å². The Morgan fingerprint density at radius 1 is 1.07 bits per heavy atom. The van der Waals surface area contributed by atoms with Crippen molar-refractivity contribution < 1.29 is 19.5 Å². The number of rotatable bonds is 12. The first-order chi connectivity index (χ1) is 13.7. The second kappa shape index (κ2) is 12.9. The van der Waals surface area contributed by atoms with Gasteiger partial charge in [0, 0.05) is 5.92 Å². The van der Waals surface area contributed by atoms with Gasteiger partial charge in [0.15, 0.2) is 5.78 Å². The largest absolute Gasteiger partial charge is 0.391 e. The van der Waals surface area contributed by atoms with Crippen LogP contribution in [0, 0.1) is 11.8 Å². The lowest BCUT2D eigenvalue weighted by Crippen LogP contribution is -2.58. The summed E-state index contributed by atoms with van der Waals surface area (Å²) < 4.78 is 0. The molecule has 1 rings (SSSR count). The maximum atomic E-state index is 12.7. The van der Waals surface area contributed by atoms with Crippen molar-refractivity contribution in [3.8, 4) is 0 Å². The number of amides is 2. The van der Waals surface area contributed by atoms with E-state index in [1.54, 1.807) is 6.92 Å². The number of ketones is 1. The van der Waals surface area contributed by atoms with Gasteiger partial charge in [0.05, 0.1) is 18.2 Å². The van der Waals surface area contributed by atoms with E-state index in [2.05, 4.69) is 10.6 Å². The Balaban J connectivity index is 2.72. The molecule has 7 N–H and O–H groups in total. The molecule has 1 saturated carbocycles. The average molecular weight is 413 g/mol. The smallest absolute Gasteiger partial charge is 0.245 e. The van der Waals surface area contributed by atoms with Crippen molar-refractivity contribution in [2.75, 3.05) is 6.54 Å². The van der Waals surface area contributed by atoms with Crippen molar-refractivity contribution in [1.82, 2.24) is 10.6 Å². The van der Waals surface area contributed by atoms with Gasteiger partial charge in [-0.25, -0.2) is 0 Å². The van der Waals surface area contributed by atoms with Crippen LogP contribution in [0.25, 0.3) is 0 Å². The summed E-state index contributed by atoms with van der Waals surface area (Å²) in [6.45, 7) is 5.36. The van der Waals surface area contributed by atoms with Crippen LogP contribution < -0.4 is 22.1 Å². The number of carbonyl (C=O) groups excluding carboxylic acids is 3. The molecule has 1 aliphatic carbocycles. The molecule has 0 heterocycles. The Kier molecular flexibility index (Phi) is 11.4. The summed E-state index contributed by atoms with van der Waals surface area (Å²) in [4.78, 5) is 37.7. The van der Waals surface area contributed by atoms with Crippen molar-refractivity contribution in [1.29, 1.82) is 0 Å². The van der Waals surface area contributed by atoms with E-state index >= 15 is 0 Å². The van der Waals surface area contributed by atoms with E-state index in [9.17, 15) is 19.5 Å². The molecule has 0 aromatic rings. The molecule has 2 unspecified atom stereocenters. The first kappa shape index (κ1) is 25.5. The van der Waals surface area contributed by atoms with Crippen LogP contribution in [-0.2, 0) is 14.4 Å². The highest BCUT2D eigenvalue weighted by Crippen LogP contribution is 2.27. The monoisotopic (exact) mass is 412 g/mol. The number of Topliss-reactive ketones (excluding diaryl/α,β-unsaturated/α-hetero) is 1. The van der Waals surface area contributed by atoms with E-state index in [-0.39, 0.29) is 18.2 Å². The first-order valence-corrected chi connectivity index (χ1v) is 11.0. The Hall–Kier alpha value is -1.51. The molecule has 0 bridgehead atoms. The van der Waals surface area contributed by atoms with Crippen molar-refractivity contribution >= 4 is 17.6 Å². The fourth-order valence-corrected chi connectivity index (χ4v) is 3.81. The number of aliphatic hydroxyl groups excluding tert-OH is 1. The molecular weight excluding hydrogens is 372 g/mol. The fraction of sp³-hybridized carbons (Fsp3) is 0.857. The predicted molar refractivity (Wildman–Crippen MR) is 113 cm³/mol. The summed E-state index contributed by atoms with van der Waals surface area (Å²) in [6.07, 6.45) is 6.08. The van der Waals surface area contributed by atoms with Crippen molar-refractivity contribution in [2.45, 2.75) is 96.4 Å². The van der Waals surface area contributed by atoms with Crippen LogP contribution in [0.5, 0.6) is 0 Å². The lowest BCUT2D eigenvalue weighted by Gasteiger charge is -2.28. The molecule has 29 heavy (non-hydrogen) atoms. The lowest BCUT2D eigenvalue weighted by atomic mass is 9.85. The van der Waals surface area contributed by atoms with Crippen molar-refractivity contribution in [3.63, 3.8) is 0 Å². The second-order valence-electron chi connectivity index (χ2n) is 8.42. The number of carbonyl (C=O) groups is 3. The average Bonchev–Trinajstić information content (AvgIpc) is 2.70. The van der Waals surface area contributed by atoms with Crippen LogP contribution in [0.3, 0.4) is 0 Å². The summed E-state index contributed by atoms with van der Waals surface area (Å²) in [5.74, 6) is -0.953. The number of hydrogen-bond donors (Lipinski definition) is 5. The van der Waals surface area contributed by atoms with Gasteiger partial charge in [0.1, 0.15) is 6.04 Å². The van der Waals surface area contributed by atoms with Crippen LogP contribution in [-0.4, -0.2) is 53.5 Å². The molecule has 0 aromatic carbocycles. The molecule has 0 spiro atoms. The number of nitrogens with two attached hydrogens (primary N) is 2. The minimum absolute atomic E-state index is 0.101. The Bertz CT molecular complexity index is 535. The molecule has 1 fully saturated rings. The van der Waals surface area contributed by atoms with Gasteiger partial charge < -0.3 is 27.2 Å². The topological polar surface area (TPSA) is 148 Å². The van der Waals surface area contributed by atoms with Crippen LogP contribution in [0.4, 0.5) is 0 Å². The molecule has 0 aliphatic heterocycles. The quantitative estimate of drug-likeness (QED) is 0.317. The van der Waals surface area contributed by atoms with Crippen LogP contribution in [0.2, 0.25) is 0 Å². The third kappa shape index (κ3) is 8.40. The van der Waals surface area contributed by atoms with Gasteiger partial charge in [0.2, 0.25) is 11.8 Å². The first-order valence-electron chi connectivity index (χ1n) is 11.0. The van der Waals surface area contributed by atoms with Crippen LogP contribution in [0.15, 0.2) is 0 Å². The van der Waals surface area contributed by atoms with Crippen LogP contribution in [0.1, 0.15) is 72.1 Å². The maximum absolute atomic E-state index is 12.7. The molecule has 8 heteroatoms. The summed E-state index contributed by atoms with van der Waals surface area (Å²) >= 11 is 0. The lowest BCUT2D eigenvalue weighted by molar-refractivity contribution is -0.135. The molecule has 168 valence electrons. The Morgan fingerprint density at radius 3 is 2.21 bits per heavy atom. The summed E-state index contributed by atoms with van der Waals surface area (Å²) in [5, 5.41) is 15.3. The highest BCUT2D eigenvalue weighted by Gasteiger charge is 2.32. The maximum Gasteiger partial charge on any atom is 0.245 e. The molecule has 0 saturated heterocycles. The highest BCUT2D eigenvalue weighted by molar-refractivity contribution is 5.94. The minimum atomic E-state index is -1.18. The van der Waals surface area contributed by atoms with Gasteiger partial charge in [0.25, 0.3) is 0 Å². The van der Waals surface area contributed by atoms with Gasteiger partial charge in [-0.05, 0) is 38.6 Å². The molecule has 2 amide bonds. The zero-order chi connectivity index (χ0) is 22.0. The van der Waals surface area contributed by atoms with E-state index in [1.807, 2.05) is 6.92 Å². The molecule has 0 aromatic heterocycles. The second-order valence-corrected chi connectivity index (χ2v) is 8.42. The van der Waals surface area contributed by atoms with Gasteiger partial charge >= 0.3 is 0 Å². The SMILES string of the molecule is CCC(C)C(=O)[C@H](CCN)NC(=O)[C@@H](NC(=O)[C@@H](N)CC1CCCCC1)C(C)O.